The summed E-state index contributed by atoms with van der Waals surface area (Å²) in [7, 11) is 0. The molecule has 6 heterocycles. The highest BCUT2D eigenvalue weighted by molar-refractivity contribution is 7.23. The Morgan fingerprint density at radius 2 is 2.02 bits per heavy atom. The smallest absolute Gasteiger partial charge is 0.417 e. The molecule has 2 N–H and O–H groups in total. The number of carbonyl (C=O) groups excluding carboxylic acids is 1. The van der Waals surface area contributed by atoms with Crippen molar-refractivity contribution in [2.75, 3.05) is 56.6 Å². The van der Waals surface area contributed by atoms with E-state index in [-0.39, 0.29) is 95.1 Å². The number of hydrogen-bond acceptors (Lipinski definition) is 10. The zero-order chi connectivity index (χ0) is 36.0. The number of thiophene rings is 1. The first-order valence-electron chi connectivity index (χ1n) is 16.5. The van der Waals surface area contributed by atoms with E-state index in [0.717, 1.165) is 24.6 Å². The number of nitrogen functional groups attached to an aromatic ring is 1. The minimum absolute atomic E-state index is 0.0287. The summed E-state index contributed by atoms with van der Waals surface area (Å²) in [6.07, 6.45) is -4.98. The number of nitrogens with zero attached hydrogens (tertiary/aromatic N) is 6. The number of fused-ring (bicyclic) bond motifs is 4. The molecule has 2 aromatic heterocycles. The Hall–Kier alpha value is -4.40. The Labute approximate surface area is 291 Å². The van der Waals surface area contributed by atoms with Gasteiger partial charge < -0.3 is 25.0 Å². The number of halogens is 6. The molecule has 0 unspecified atom stereocenters. The van der Waals surface area contributed by atoms with E-state index in [0.29, 0.717) is 24.3 Å². The molecule has 0 bridgehead atoms. The van der Waals surface area contributed by atoms with Crippen LogP contribution in [-0.4, -0.2) is 95.5 Å². The predicted octanol–water partition coefficient (Wildman–Crippen LogP) is 5.65. The Bertz CT molecular complexity index is 2140. The SMILES string of the molecule is CC(=O)N1C[C@H]2OCCN(c3nc(OC[C@@]45CCCN4C[C@H](F)C5)nc4c(F)c(-c5ccc(F)c6sc(N)c(C#N)c56)c(C(F)(F)F)cc34)[C@H]2C1. The minimum Gasteiger partial charge on any atom is -0.461 e. The number of aromatic nitrogens is 2. The van der Waals surface area contributed by atoms with Crippen LogP contribution in [0.4, 0.5) is 37.2 Å². The van der Waals surface area contributed by atoms with Gasteiger partial charge in [-0.3, -0.25) is 9.69 Å². The summed E-state index contributed by atoms with van der Waals surface area (Å²) in [6.45, 7) is 3.06. The molecule has 0 spiro atoms. The largest absolute Gasteiger partial charge is 0.461 e. The van der Waals surface area contributed by atoms with Crippen LogP contribution in [0, 0.1) is 23.0 Å². The van der Waals surface area contributed by atoms with E-state index in [1.165, 1.54) is 6.92 Å². The van der Waals surface area contributed by atoms with Crippen LogP contribution < -0.4 is 15.4 Å². The van der Waals surface area contributed by atoms with Gasteiger partial charge in [-0.25, -0.2) is 13.2 Å². The summed E-state index contributed by atoms with van der Waals surface area (Å²) in [5.74, 6) is -2.48. The molecule has 2 aromatic carbocycles. The Morgan fingerprint density at radius 3 is 2.76 bits per heavy atom. The van der Waals surface area contributed by atoms with Crippen molar-refractivity contribution in [1.29, 1.82) is 5.26 Å². The number of carbonyl (C=O) groups is 1. The first-order valence-corrected chi connectivity index (χ1v) is 17.3. The summed E-state index contributed by atoms with van der Waals surface area (Å²) < 4.78 is 104. The molecule has 10 nitrogen and oxygen atoms in total. The number of rotatable bonds is 5. The van der Waals surface area contributed by atoms with E-state index < -0.39 is 58.3 Å². The highest BCUT2D eigenvalue weighted by atomic mass is 32.1. The molecule has 8 rings (SSSR count). The first kappa shape index (κ1) is 33.7. The quantitative estimate of drug-likeness (QED) is 0.260. The lowest BCUT2D eigenvalue weighted by Crippen LogP contribution is -2.51. The van der Waals surface area contributed by atoms with Gasteiger partial charge in [0.05, 0.1) is 40.1 Å². The van der Waals surface area contributed by atoms with E-state index in [1.807, 2.05) is 11.0 Å². The molecular weight excluding hydrogens is 700 g/mol. The van der Waals surface area contributed by atoms with Crippen molar-refractivity contribution in [1.82, 2.24) is 19.8 Å². The summed E-state index contributed by atoms with van der Waals surface area (Å²) in [6, 6.07) is 3.62. The number of morpholine rings is 1. The van der Waals surface area contributed by atoms with Crippen molar-refractivity contribution in [3.05, 3.63) is 41.0 Å². The number of benzene rings is 2. The maximum atomic E-state index is 17.2. The third-order valence-corrected chi connectivity index (χ3v) is 11.7. The van der Waals surface area contributed by atoms with Gasteiger partial charge in [-0.2, -0.15) is 28.4 Å². The number of alkyl halides is 4. The molecule has 0 aliphatic carbocycles. The van der Waals surface area contributed by atoms with Crippen LogP contribution in [0.1, 0.15) is 37.3 Å². The Balaban J connectivity index is 1.35. The molecule has 17 heteroatoms. The molecule has 4 atom stereocenters. The van der Waals surface area contributed by atoms with Crippen LogP contribution in [0.5, 0.6) is 6.01 Å². The average molecular weight is 732 g/mol. The van der Waals surface area contributed by atoms with Crippen LogP contribution >= 0.6 is 11.3 Å². The van der Waals surface area contributed by atoms with Crippen LogP contribution in [0.3, 0.4) is 0 Å². The van der Waals surface area contributed by atoms with Crippen molar-refractivity contribution in [3.8, 4) is 23.2 Å². The van der Waals surface area contributed by atoms with Gasteiger partial charge >= 0.3 is 12.2 Å². The van der Waals surface area contributed by atoms with E-state index >= 15 is 17.6 Å². The number of nitrogens with two attached hydrogens (primary N) is 1. The second-order valence-corrected chi connectivity index (χ2v) is 14.6. The van der Waals surface area contributed by atoms with E-state index in [2.05, 4.69) is 9.97 Å². The van der Waals surface area contributed by atoms with Crippen molar-refractivity contribution >= 4 is 49.1 Å². The lowest BCUT2D eigenvalue weighted by Gasteiger charge is -2.38. The molecular formula is C34H31F6N7O3S. The van der Waals surface area contributed by atoms with Gasteiger partial charge in [-0.05, 0) is 37.1 Å². The predicted molar refractivity (Wildman–Crippen MR) is 176 cm³/mol. The van der Waals surface area contributed by atoms with Gasteiger partial charge in [0.25, 0.3) is 0 Å². The number of amides is 1. The van der Waals surface area contributed by atoms with Crippen LogP contribution in [0.25, 0.3) is 32.1 Å². The average Bonchev–Trinajstić information content (AvgIpc) is 3.84. The van der Waals surface area contributed by atoms with E-state index in [9.17, 15) is 18.8 Å². The van der Waals surface area contributed by atoms with Gasteiger partial charge in [0, 0.05) is 55.9 Å². The number of likely N-dealkylation sites (tertiary alicyclic amines) is 1. The lowest BCUT2D eigenvalue weighted by molar-refractivity contribution is -0.137. The summed E-state index contributed by atoms with van der Waals surface area (Å²) in [5.41, 5.74) is 1.84. The minimum atomic E-state index is -5.13. The third-order valence-electron chi connectivity index (χ3n) is 10.6. The highest BCUT2D eigenvalue weighted by Gasteiger charge is 2.50. The van der Waals surface area contributed by atoms with Gasteiger partial charge in [-0.15, -0.1) is 11.3 Å². The number of hydrogen-bond donors (Lipinski definition) is 1. The monoisotopic (exact) mass is 731 g/mol. The molecule has 0 radical (unpaired) electrons. The first-order chi connectivity index (χ1) is 24.3. The van der Waals surface area contributed by atoms with Gasteiger partial charge in [0.15, 0.2) is 5.82 Å². The fourth-order valence-corrected chi connectivity index (χ4v) is 9.28. The molecule has 4 aliphatic heterocycles. The van der Waals surface area contributed by atoms with Gasteiger partial charge in [0.1, 0.15) is 41.0 Å². The summed E-state index contributed by atoms with van der Waals surface area (Å²) >= 11 is 0.676. The molecule has 4 aromatic rings. The van der Waals surface area contributed by atoms with Crippen molar-refractivity contribution in [2.24, 2.45) is 0 Å². The maximum absolute atomic E-state index is 17.2. The zero-order valence-electron chi connectivity index (χ0n) is 27.2. The van der Waals surface area contributed by atoms with Crippen molar-refractivity contribution < 1.29 is 40.6 Å². The maximum Gasteiger partial charge on any atom is 0.417 e. The Kier molecular flexibility index (Phi) is 8.00. The van der Waals surface area contributed by atoms with Crippen LogP contribution in [0.15, 0.2) is 18.2 Å². The molecule has 1 amide bonds. The summed E-state index contributed by atoms with van der Waals surface area (Å²) in [5, 5.41) is 9.20. The van der Waals surface area contributed by atoms with Crippen molar-refractivity contribution in [2.45, 2.75) is 56.2 Å². The van der Waals surface area contributed by atoms with Gasteiger partial charge in [0.2, 0.25) is 5.91 Å². The number of nitriles is 1. The fraction of sp³-hybridized carbons (Fsp3) is 0.471. The molecule has 268 valence electrons. The van der Waals surface area contributed by atoms with Crippen LogP contribution in [0.2, 0.25) is 0 Å². The highest BCUT2D eigenvalue weighted by Crippen LogP contribution is 2.48. The molecule has 4 aliphatic rings. The second kappa shape index (κ2) is 12.1. The second-order valence-electron chi connectivity index (χ2n) is 13.5. The zero-order valence-corrected chi connectivity index (χ0v) is 28.0. The molecule has 4 fully saturated rings. The molecule has 0 saturated carbocycles. The van der Waals surface area contributed by atoms with E-state index in [1.54, 1.807) is 9.80 Å². The topological polar surface area (TPSA) is 121 Å². The van der Waals surface area contributed by atoms with Crippen molar-refractivity contribution in [3.63, 3.8) is 0 Å². The fourth-order valence-electron chi connectivity index (χ4n) is 8.33. The number of anilines is 2. The summed E-state index contributed by atoms with van der Waals surface area (Å²) in [4.78, 5) is 26.5. The standard InChI is InChI=1S/C34H31F6N7O3S/c1-16(48)45-13-23-24(14-45)49-8-7-47(23)31-19-9-21(34(38,39)40)26(18-3-4-22(36)29-25(18)20(11-41)30(42)51-29)27(37)28(19)43-32(44-31)50-15-33-5-2-6-46(33)12-17(35)10-33/h3-4,9,17,23-24H,2,5-8,10,12-15,42H2,1H3/t17-,23+,24-,33+/m1/s1. The van der Waals surface area contributed by atoms with Crippen LogP contribution in [-0.2, 0) is 15.7 Å². The number of ether oxygens (including phenoxy) is 2. The third kappa shape index (κ3) is 5.41. The molecule has 4 saturated heterocycles. The van der Waals surface area contributed by atoms with E-state index in [4.69, 9.17) is 15.2 Å². The lowest BCUT2D eigenvalue weighted by atomic mass is 9.92. The van der Waals surface area contributed by atoms with Gasteiger partial charge in [-0.1, -0.05) is 6.07 Å². The Morgan fingerprint density at radius 1 is 1.22 bits per heavy atom. The normalized spacial score (nSPS) is 25.1. The molecule has 51 heavy (non-hydrogen) atoms.